The molecule has 7 aromatic carbocycles. The van der Waals surface area contributed by atoms with Crippen LogP contribution in [0.15, 0.2) is 127 Å². The van der Waals surface area contributed by atoms with Crippen LogP contribution in [0, 0.1) is 0 Å². The van der Waals surface area contributed by atoms with Crippen LogP contribution in [-0.2, 0) is 18.3 Å². The molecule has 0 spiro atoms. The lowest BCUT2D eigenvalue weighted by Gasteiger charge is -2.28. The quantitative estimate of drug-likeness (QED) is 0.173. The molecule has 0 unspecified atom stereocenters. The Bertz CT molecular complexity index is 2820. The molecule has 0 atom stereocenters. The summed E-state index contributed by atoms with van der Waals surface area (Å²) in [5.41, 5.74) is 15.5. The van der Waals surface area contributed by atoms with Crippen LogP contribution in [0.2, 0.25) is 0 Å². The van der Waals surface area contributed by atoms with Gasteiger partial charge in [0.2, 0.25) is 0 Å². The fourth-order valence-corrected chi connectivity index (χ4v) is 10.3. The lowest BCUT2D eigenvalue weighted by molar-refractivity contribution is 0.663. The number of aromatic nitrogens is 1. The Kier molecular flexibility index (Phi) is 4.97. The van der Waals surface area contributed by atoms with E-state index in [0.717, 1.165) is 12.8 Å². The Hall–Kier alpha value is -5.18. The number of para-hydroxylation sites is 1. The first-order valence-electron chi connectivity index (χ1n) is 16.7. The van der Waals surface area contributed by atoms with Gasteiger partial charge in [-0.05, 0) is 98.5 Å². The van der Waals surface area contributed by atoms with Crippen LogP contribution in [0.3, 0.4) is 0 Å². The number of hydrogen-bond acceptors (Lipinski definition) is 1. The van der Waals surface area contributed by atoms with Gasteiger partial charge in [0.25, 0.3) is 0 Å². The van der Waals surface area contributed by atoms with Gasteiger partial charge in [0.05, 0.1) is 11.0 Å². The topological polar surface area (TPSA) is 4.93 Å². The van der Waals surface area contributed by atoms with Crippen molar-refractivity contribution in [1.29, 1.82) is 0 Å². The number of benzene rings is 7. The molecule has 0 aliphatic heterocycles. The first kappa shape index (κ1) is 25.9. The molecule has 2 aliphatic carbocycles. The maximum atomic E-state index is 2.61. The molecule has 0 saturated heterocycles. The lowest BCUT2D eigenvalue weighted by atomic mass is 9.76. The fourth-order valence-electron chi connectivity index (χ4n) is 9.20. The molecule has 2 heterocycles. The predicted octanol–water partition coefficient (Wildman–Crippen LogP) is 12.1. The van der Waals surface area contributed by atoms with Gasteiger partial charge in [-0.15, -0.1) is 11.3 Å². The van der Waals surface area contributed by atoms with Gasteiger partial charge in [-0.1, -0.05) is 111 Å². The van der Waals surface area contributed by atoms with E-state index in [2.05, 4.69) is 146 Å². The molecule has 2 aromatic heterocycles. The van der Waals surface area contributed by atoms with Crippen LogP contribution < -0.4 is 0 Å². The molecule has 9 aromatic rings. The smallest absolute Gasteiger partial charge is 0.0591 e. The van der Waals surface area contributed by atoms with Crippen molar-refractivity contribution in [1.82, 2.24) is 4.57 Å². The highest BCUT2D eigenvalue weighted by Gasteiger charge is 2.42. The molecule has 0 radical (unpaired) electrons. The number of hydrogen-bond donors (Lipinski definition) is 0. The standard InChI is InChI=1S/C45H31NS/c1-45(2)37-16-8-5-14-32(37)41-35-23-28-21-26-11-3-4-12-27(26)22-29(28)24-36(35)42-33-15-6-9-17-38(33)46(44(42)43(41)45)30-19-20-40-34(25-30)31-13-7-10-18-39(31)47-40/h3-22,25H,23-24H2,1-2H3. The summed E-state index contributed by atoms with van der Waals surface area (Å²) >= 11 is 1.89. The normalized spacial score (nSPS) is 14.6. The van der Waals surface area contributed by atoms with Crippen molar-refractivity contribution in [3.8, 4) is 16.8 Å². The predicted molar refractivity (Wildman–Crippen MR) is 201 cm³/mol. The summed E-state index contributed by atoms with van der Waals surface area (Å²) in [6.45, 7) is 4.90. The first-order valence-corrected chi connectivity index (χ1v) is 17.5. The van der Waals surface area contributed by atoms with Gasteiger partial charge in [0.15, 0.2) is 0 Å². The maximum Gasteiger partial charge on any atom is 0.0591 e. The maximum absolute atomic E-state index is 2.61. The van der Waals surface area contributed by atoms with Crippen molar-refractivity contribution < 1.29 is 0 Å². The second-order valence-electron chi connectivity index (χ2n) is 14.1. The van der Waals surface area contributed by atoms with Crippen LogP contribution >= 0.6 is 11.3 Å². The summed E-state index contributed by atoms with van der Waals surface area (Å²) in [5, 5.41) is 8.14. The Morgan fingerprint density at radius 1 is 0.596 bits per heavy atom. The van der Waals surface area contributed by atoms with E-state index >= 15 is 0 Å². The van der Waals surface area contributed by atoms with Crippen molar-refractivity contribution >= 4 is 64.1 Å². The molecule has 0 N–H and O–H groups in total. The molecule has 11 rings (SSSR count). The fraction of sp³-hybridized carbons (Fsp3) is 0.111. The lowest BCUT2D eigenvalue weighted by Crippen LogP contribution is -2.18. The summed E-state index contributed by atoms with van der Waals surface area (Å²) in [4.78, 5) is 0. The zero-order valence-electron chi connectivity index (χ0n) is 26.4. The van der Waals surface area contributed by atoms with Gasteiger partial charge >= 0.3 is 0 Å². The summed E-state index contributed by atoms with van der Waals surface area (Å²) in [6.07, 6.45) is 1.91. The molecule has 0 saturated carbocycles. The summed E-state index contributed by atoms with van der Waals surface area (Å²) in [6, 6.07) is 48.1. The van der Waals surface area contributed by atoms with Crippen LogP contribution in [0.5, 0.6) is 0 Å². The van der Waals surface area contributed by atoms with Crippen LogP contribution in [-0.4, -0.2) is 4.57 Å². The minimum Gasteiger partial charge on any atom is -0.309 e. The number of thiophene rings is 1. The highest BCUT2D eigenvalue weighted by Crippen LogP contribution is 2.57. The Morgan fingerprint density at radius 3 is 2.09 bits per heavy atom. The van der Waals surface area contributed by atoms with E-state index in [1.807, 2.05) is 11.3 Å². The third-order valence-electron chi connectivity index (χ3n) is 11.2. The third kappa shape index (κ3) is 3.33. The van der Waals surface area contributed by atoms with E-state index in [0.29, 0.717) is 0 Å². The Balaban J connectivity index is 1.31. The molecule has 222 valence electrons. The van der Waals surface area contributed by atoms with Crippen molar-refractivity contribution in [2.75, 3.05) is 0 Å². The SMILES string of the molecule is CC1(C)c2ccccc2-c2c3c(c4c5ccccc5n(-c5ccc6sc7ccccc7c6c5)c4c21)Cc1cc2ccccc2cc1C3. The number of fused-ring (bicyclic) bond motifs is 15. The van der Waals surface area contributed by atoms with E-state index in [-0.39, 0.29) is 5.41 Å². The van der Waals surface area contributed by atoms with Crippen LogP contribution in [0.1, 0.15) is 47.2 Å². The number of rotatable bonds is 1. The number of nitrogens with zero attached hydrogens (tertiary/aromatic N) is 1. The molecule has 1 nitrogen and oxygen atoms in total. The Labute approximate surface area is 277 Å². The van der Waals surface area contributed by atoms with Gasteiger partial charge in [-0.25, -0.2) is 0 Å². The van der Waals surface area contributed by atoms with E-state index < -0.39 is 0 Å². The Morgan fingerprint density at radius 2 is 1.26 bits per heavy atom. The van der Waals surface area contributed by atoms with E-state index in [9.17, 15) is 0 Å². The zero-order valence-corrected chi connectivity index (χ0v) is 27.2. The minimum atomic E-state index is -0.145. The molecular formula is C45H31NS. The molecular weight excluding hydrogens is 587 g/mol. The van der Waals surface area contributed by atoms with Crippen molar-refractivity contribution in [2.24, 2.45) is 0 Å². The van der Waals surface area contributed by atoms with Gasteiger partial charge < -0.3 is 4.57 Å². The van der Waals surface area contributed by atoms with E-state index in [1.54, 1.807) is 0 Å². The average molecular weight is 618 g/mol. The average Bonchev–Trinajstić information content (AvgIpc) is 3.72. The summed E-state index contributed by atoms with van der Waals surface area (Å²) in [5.74, 6) is 0. The highest BCUT2D eigenvalue weighted by atomic mass is 32.1. The zero-order chi connectivity index (χ0) is 31.0. The first-order chi connectivity index (χ1) is 23.1. The van der Waals surface area contributed by atoms with Crippen LogP contribution in [0.4, 0.5) is 0 Å². The molecule has 47 heavy (non-hydrogen) atoms. The molecule has 2 heteroatoms. The van der Waals surface area contributed by atoms with E-state index in [1.165, 1.54) is 103 Å². The second kappa shape index (κ2) is 9.00. The monoisotopic (exact) mass is 617 g/mol. The van der Waals surface area contributed by atoms with Crippen molar-refractivity contribution in [3.63, 3.8) is 0 Å². The molecule has 0 bridgehead atoms. The van der Waals surface area contributed by atoms with E-state index in [4.69, 9.17) is 0 Å². The largest absolute Gasteiger partial charge is 0.309 e. The van der Waals surface area contributed by atoms with Crippen molar-refractivity contribution in [3.05, 3.63) is 161 Å². The molecule has 0 amide bonds. The minimum absolute atomic E-state index is 0.145. The third-order valence-corrected chi connectivity index (χ3v) is 12.4. The molecule has 0 fully saturated rings. The summed E-state index contributed by atoms with van der Waals surface area (Å²) in [7, 11) is 0. The second-order valence-corrected chi connectivity index (χ2v) is 15.1. The molecule has 2 aliphatic rings. The highest BCUT2D eigenvalue weighted by molar-refractivity contribution is 7.25. The van der Waals surface area contributed by atoms with Gasteiger partial charge in [0, 0.05) is 42.0 Å². The van der Waals surface area contributed by atoms with Crippen LogP contribution in [0.25, 0.3) is 69.6 Å². The summed E-state index contributed by atoms with van der Waals surface area (Å²) < 4.78 is 5.30. The van der Waals surface area contributed by atoms with Gasteiger partial charge in [0.1, 0.15) is 0 Å². The van der Waals surface area contributed by atoms with Gasteiger partial charge in [-0.2, -0.15) is 0 Å². The van der Waals surface area contributed by atoms with Crippen molar-refractivity contribution in [2.45, 2.75) is 32.1 Å². The van der Waals surface area contributed by atoms with Gasteiger partial charge in [-0.3, -0.25) is 0 Å².